The molecule has 0 aliphatic carbocycles. The lowest BCUT2D eigenvalue weighted by molar-refractivity contribution is 0.0519. The maximum atomic E-state index is 11.7. The van der Waals surface area contributed by atoms with Crippen molar-refractivity contribution in [2.75, 3.05) is 26.4 Å². The highest BCUT2D eigenvalue weighted by molar-refractivity contribution is 5.97. The number of esters is 2. The third kappa shape index (κ3) is 8.97. The van der Waals surface area contributed by atoms with Crippen LogP contribution in [0.5, 0.6) is 5.75 Å². The molecule has 12 heteroatoms. The van der Waals surface area contributed by atoms with E-state index in [1.54, 1.807) is 54.3 Å². The molecule has 0 aromatic carbocycles. The highest BCUT2D eigenvalue weighted by Crippen LogP contribution is 2.19. The minimum absolute atomic E-state index is 0. The first-order valence-electron chi connectivity index (χ1n) is 12.2. The number of carbonyl (C=O) groups excluding carboxylic acids is 2. The summed E-state index contributed by atoms with van der Waals surface area (Å²) in [6, 6.07) is 6.22. The Labute approximate surface area is 226 Å². The predicted octanol–water partition coefficient (Wildman–Crippen LogP) is 3.12. The molecule has 212 valence electrons. The molecule has 0 radical (unpaired) electrons. The molecule has 2 unspecified atom stereocenters. The summed E-state index contributed by atoms with van der Waals surface area (Å²) in [4.78, 5) is 34.3. The van der Waals surface area contributed by atoms with Crippen molar-refractivity contribution in [2.24, 2.45) is 0 Å². The first kappa shape index (κ1) is 31.1. The fraction of sp³-hybridized carbons (Fsp3) is 0.407. The number of aromatic amines is 1. The molecule has 1 aliphatic rings. The third-order valence-electron chi connectivity index (χ3n) is 5.03. The first-order valence-corrected chi connectivity index (χ1v) is 12.2. The van der Waals surface area contributed by atoms with E-state index in [0.717, 1.165) is 6.61 Å². The Balaban J connectivity index is 0.000000237. The van der Waals surface area contributed by atoms with Gasteiger partial charge in [0.15, 0.2) is 5.43 Å². The number of H-pyrrole nitrogens is 1. The maximum Gasteiger partial charge on any atom is 0.341 e. The van der Waals surface area contributed by atoms with Crippen LogP contribution in [0.4, 0.5) is 0 Å². The molecule has 0 amide bonds. The van der Waals surface area contributed by atoms with Crippen LogP contribution in [-0.2, 0) is 14.2 Å². The fourth-order valence-electron chi connectivity index (χ4n) is 3.11. The summed E-state index contributed by atoms with van der Waals surface area (Å²) in [5.41, 5.74) is 1.77. The number of fused-ring (bicyclic) bond motifs is 2. The van der Waals surface area contributed by atoms with Crippen molar-refractivity contribution in [3.8, 4) is 5.75 Å². The van der Waals surface area contributed by atoms with Crippen LogP contribution in [0.1, 0.15) is 55.8 Å². The molecule has 1 aliphatic heterocycles. The molecule has 12 nitrogen and oxygen atoms in total. The summed E-state index contributed by atoms with van der Waals surface area (Å²) in [5.74, 6) is -0.272. The molecule has 5 heterocycles. The van der Waals surface area contributed by atoms with E-state index in [0.29, 0.717) is 47.2 Å². The van der Waals surface area contributed by atoms with Gasteiger partial charge in [-0.05, 0) is 33.8 Å². The van der Waals surface area contributed by atoms with Crippen LogP contribution in [-0.4, -0.2) is 74.9 Å². The van der Waals surface area contributed by atoms with E-state index in [9.17, 15) is 19.5 Å². The van der Waals surface area contributed by atoms with Gasteiger partial charge in [0.05, 0.1) is 49.3 Å². The molecule has 0 saturated carbocycles. The Morgan fingerprint density at radius 1 is 1.13 bits per heavy atom. The minimum atomic E-state index is -0.550. The van der Waals surface area contributed by atoms with E-state index in [4.69, 9.17) is 18.9 Å². The topological polar surface area (TPSA) is 149 Å². The summed E-state index contributed by atoms with van der Waals surface area (Å²) in [6.45, 7) is 8.99. The molecule has 1 fully saturated rings. The molecule has 0 spiro atoms. The van der Waals surface area contributed by atoms with Gasteiger partial charge in [-0.1, -0.05) is 7.43 Å². The van der Waals surface area contributed by atoms with Gasteiger partial charge in [0.25, 0.3) is 0 Å². The predicted molar refractivity (Wildman–Crippen MR) is 144 cm³/mol. The number of carbonyl (C=O) groups is 2. The van der Waals surface area contributed by atoms with E-state index in [1.807, 2.05) is 0 Å². The maximum absolute atomic E-state index is 11.7. The summed E-state index contributed by atoms with van der Waals surface area (Å²) < 4.78 is 23.1. The Bertz CT molecular complexity index is 1420. The highest BCUT2D eigenvalue weighted by atomic mass is 16.6. The van der Waals surface area contributed by atoms with E-state index in [1.165, 1.54) is 24.5 Å². The Morgan fingerprint density at radius 2 is 1.77 bits per heavy atom. The zero-order chi connectivity index (χ0) is 27.7. The molecule has 2 atom stereocenters. The van der Waals surface area contributed by atoms with Crippen LogP contribution in [0, 0.1) is 0 Å². The van der Waals surface area contributed by atoms with Gasteiger partial charge in [-0.25, -0.2) is 14.1 Å². The highest BCUT2D eigenvalue weighted by Gasteiger charge is 2.15. The van der Waals surface area contributed by atoms with E-state index in [-0.39, 0.29) is 19.5 Å². The molecular formula is C27H36N4O8. The third-order valence-corrected chi connectivity index (χ3v) is 5.03. The number of hydrogen-bond donors (Lipinski definition) is 2. The fourth-order valence-corrected chi connectivity index (χ4v) is 3.11. The lowest BCUT2D eigenvalue weighted by atomic mass is 10.2. The number of aliphatic hydroxyl groups is 1. The Hall–Kier alpha value is -4.16. The van der Waals surface area contributed by atoms with Crippen LogP contribution < -0.4 is 10.2 Å². The number of pyridine rings is 2. The number of ether oxygens (including phenoxy) is 4. The van der Waals surface area contributed by atoms with Gasteiger partial charge in [0, 0.05) is 36.8 Å². The van der Waals surface area contributed by atoms with E-state index >= 15 is 0 Å². The van der Waals surface area contributed by atoms with E-state index < -0.39 is 18.0 Å². The van der Waals surface area contributed by atoms with Gasteiger partial charge in [-0.2, -0.15) is 5.10 Å². The van der Waals surface area contributed by atoms with Crippen molar-refractivity contribution in [1.29, 1.82) is 0 Å². The molecule has 5 rings (SSSR count). The molecule has 2 N–H and O–H groups in total. The van der Waals surface area contributed by atoms with Gasteiger partial charge >= 0.3 is 11.9 Å². The zero-order valence-electron chi connectivity index (χ0n) is 21.7. The van der Waals surface area contributed by atoms with Gasteiger partial charge in [0.2, 0.25) is 0 Å². The van der Waals surface area contributed by atoms with Gasteiger partial charge in [-0.15, -0.1) is 0 Å². The van der Waals surface area contributed by atoms with Gasteiger partial charge < -0.3 is 29.2 Å². The van der Waals surface area contributed by atoms with Gasteiger partial charge in [-0.3, -0.25) is 9.31 Å². The molecular weight excluding hydrogens is 508 g/mol. The van der Waals surface area contributed by atoms with Crippen LogP contribution in [0.15, 0.2) is 53.8 Å². The molecule has 4 aromatic rings. The smallest absolute Gasteiger partial charge is 0.341 e. The normalized spacial score (nSPS) is 14.1. The largest absolute Gasteiger partial charge is 0.491 e. The number of nitrogens with zero attached hydrogens (tertiary/aromatic N) is 3. The van der Waals surface area contributed by atoms with Gasteiger partial charge in [0.1, 0.15) is 23.5 Å². The summed E-state index contributed by atoms with van der Waals surface area (Å²) in [5, 5.41) is 16.1. The minimum Gasteiger partial charge on any atom is -0.491 e. The van der Waals surface area contributed by atoms with Crippen molar-refractivity contribution >= 4 is 23.0 Å². The standard InChI is InChI=1S/C13H16N2O4.C10H10N2O3.C3H6O.CH4/c1-3-18-13(17)11-7-14-15-5-4-10(6-12(11)15)19-8-9(2)16;1-2-15-10(14)8-6-11-12-4-3-7(13)5-9(8)12;1-3-2-4-3;/h4-7,9,16H,3,8H2,1-2H3;3-6,11H,2H2,1H3;3H,2H2,1H3;1H4. The number of aromatic nitrogens is 4. The second kappa shape index (κ2) is 14.7. The van der Waals surface area contributed by atoms with Crippen molar-refractivity contribution in [2.45, 2.75) is 47.3 Å². The SMILES string of the molecule is C.CC1CO1.CCOC(=O)c1c[nH]n2ccc(=O)cc12.CCOC(=O)c1cnn2ccc(OCC(C)O)cc12. The molecule has 0 bridgehead atoms. The van der Waals surface area contributed by atoms with Crippen molar-refractivity contribution in [3.63, 3.8) is 0 Å². The molecule has 4 aromatic heterocycles. The van der Waals surface area contributed by atoms with Crippen molar-refractivity contribution < 1.29 is 33.6 Å². The monoisotopic (exact) mass is 544 g/mol. The average molecular weight is 545 g/mol. The number of nitrogens with one attached hydrogen (secondary N) is 1. The summed E-state index contributed by atoms with van der Waals surface area (Å²) >= 11 is 0. The number of epoxide rings is 1. The second-order valence-electron chi connectivity index (χ2n) is 8.30. The number of rotatable bonds is 7. The first-order chi connectivity index (χ1) is 18.2. The average Bonchev–Trinajstić information content (AvgIpc) is 3.38. The van der Waals surface area contributed by atoms with Crippen LogP contribution in [0.25, 0.3) is 11.0 Å². The lowest BCUT2D eigenvalue weighted by Crippen LogP contribution is -2.12. The summed E-state index contributed by atoms with van der Waals surface area (Å²) in [7, 11) is 0. The van der Waals surface area contributed by atoms with Crippen molar-refractivity contribution in [1.82, 2.24) is 19.2 Å². The Kier molecular flexibility index (Phi) is 11.7. The quantitative estimate of drug-likeness (QED) is 0.264. The number of hydrogen-bond acceptors (Lipinski definition) is 9. The second-order valence-corrected chi connectivity index (χ2v) is 8.30. The molecule has 39 heavy (non-hydrogen) atoms. The zero-order valence-corrected chi connectivity index (χ0v) is 21.7. The summed E-state index contributed by atoms with van der Waals surface area (Å²) in [6.07, 6.45) is 6.28. The van der Waals surface area contributed by atoms with Crippen LogP contribution in [0.3, 0.4) is 0 Å². The molecule has 1 saturated heterocycles. The Morgan fingerprint density at radius 3 is 2.36 bits per heavy atom. The van der Waals surface area contributed by atoms with Crippen molar-refractivity contribution in [3.05, 3.63) is 70.4 Å². The van der Waals surface area contributed by atoms with E-state index in [2.05, 4.69) is 17.1 Å². The lowest BCUT2D eigenvalue weighted by Gasteiger charge is -2.08. The van der Waals surface area contributed by atoms with Crippen LogP contribution >= 0.6 is 0 Å². The van der Waals surface area contributed by atoms with Crippen LogP contribution in [0.2, 0.25) is 0 Å². The number of aliphatic hydroxyl groups excluding tert-OH is 1.